The molecule has 0 aliphatic rings. The molecule has 2 amide bonds. The summed E-state index contributed by atoms with van der Waals surface area (Å²) >= 11 is 0. The average Bonchev–Trinajstić information content (AvgIpc) is 2.83. The standard InChI is InChI=1S/C13H16N4O2/c1-7(12(18)15-2)16-13(19)10-6-8-4-3-5-9(14)11(8)17-10/h3-7,17H,14H2,1-2H3,(H,15,18)(H,16,19). The summed E-state index contributed by atoms with van der Waals surface area (Å²) in [7, 11) is 1.52. The molecule has 0 spiro atoms. The van der Waals surface area contributed by atoms with Gasteiger partial charge in [-0.1, -0.05) is 12.1 Å². The van der Waals surface area contributed by atoms with Crippen LogP contribution in [0.2, 0.25) is 0 Å². The number of hydrogen-bond acceptors (Lipinski definition) is 3. The molecule has 0 radical (unpaired) electrons. The lowest BCUT2D eigenvalue weighted by Crippen LogP contribution is -2.43. The maximum Gasteiger partial charge on any atom is 0.268 e. The SMILES string of the molecule is CNC(=O)C(C)NC(=O)c1cc2cccc(N)c2[nH]1. The van der Waals surface area contributed by atoms with Gasteiger partial charge in [-0.05, 0) is 19.1 Å². The van der Waals surface area contributed by atoms with Gasteiger partial charge in [0.05, 0.1) is 11.2 Å². The van der Waals surface area contributed by atoms with Crippen molar-refractivity contribution in [2.24, 2.45) is 0 Å². The van der Waals surface area contributed by atoms with Gasteiger partial charge in [0, 0.05) is 12.4 Å². The van der Waals surface area contributed by atoms with Gasteiger partial charge in [-0.2, -0.15) is 0 Å². The lowest BCUT2D eigenvalue weighted by molar-refractivity contribution is -0.122. The Kier molecular flexibility index (Phi) is 3.41. The predicted molar refractivity (Wildman–Crippen MR) is 73.7 cm³/mol. The molecule has 6 nitrogen and oxygen atoms in total. The molecule has 0 saturated heterocycles. The van der Waals surface area contributed by atoms with E-state index in [0.717, 1.165) is 10.9 Å². The summed E-state index contributed by atoms with van der Waals surface area (Å²) in [4.78, 5) is 26.3. The van der Waals surface area contributed by atoms with Gasteiger partial charge >= 0.3 is 0 Å². The number of nitrogen functional groups attached to an aromatic ring is 1. The first-order valence-electron chi connectivity index (χ1n) is 5.92. The summed E-state index contributed by atoms with van der Waals surface area (Å²) < 4.78 is 0. The number of para-hydroxylation sites is 1. The Hall–Kier alpha value is -2.50. The largest absolute Gasteiger partial charge is 0.397 e. The van der Waals surface area contributed by atoms with Crippen LogP contribution in [0.5, 0.6) is 0 Å². The summed E-state index contributed by atoms with van der Waals surface area (Å²) in [6.45, 7) is 1.62. The van der Waals surface area contributed by atoms with E-state index in [0.29, 0.717) is 11.4 Å². The van der Waals surface area contributed by atoms with Gasteiger partial charge in [0.2, 0.25) is 5.91 Å². The van der Waals surface area contributed by atoms with E-state index in [1.165, 1.54) is 7.05 Å². The van der Waals surface area contributed by atoms with Crippen LogP contribution in [0.15, 0.2) is 24.3 Å². The van der Waals surface area contributed by atoms with Gasteiger partial charge in [-0.3, -0.25) is 9.59 Å². The summed E-state index contributed by atoms with van der Waals surface area (Å²) in [5, 5.41) is 5.94. The highest BCUT2D eigenvalue weighted by Gasteiger charge is 2.17. The van der Waals surface area contributed by atoms with E-state index in [4.69, 9.17) is 5.73 Å². The Balaban J connectivity index is 2.22. The maximum absolute atomic E-state index is 12.0. The Labute approximate surface area is 110 Å². The number of hydrogen-bond donors (Lipinski definition) is 4. The second-order valence-corrected chi connectivity index (χ2v) is 4.30. The second-order valence-electron chi connectivity index (χ2n) is 4.30. The molecular formula is C13H16N4O2. The third kappa shape index (κ3) is 2.52. The lowest BCUT2D eigenvalue weighted by atomic mass is 10.2. The molecule has 19 heavy (non-hydrogen) atoms. The number of anilines is 1. The van der Waals surface area contributed by atoms with E-state index in [1.54, 1.807) is 19.1 Å². The molecule has 0 aliphatic carbocycles. The number of carbonyl (C=O) groups excluding carboxylic acids is 2. The van der Waals surface area contributed by atoms with Crippen LogP contribution >= 0.6 is 0 Å². The predicted octanol–water partition coefficient (Wildman–Crippen LogP) is 0.614. The Bertz CT molecular complexity index is 633. The molecule has 2 aromatic rings. The molecule has 6 heteroatoms. The number of aromatic nitrogens is 1. The summed E-state index contributed by atoms with van der Waals surface area (Å²) in [6, 6.07) is 6.55. The first-order valence-corrected chi connectivity index (χ1v) is 5.92. The minimum Gasteiger partial charge on any atom is -0.397 e. The number of likely N-dealkylation sites (N-methyl/N-ethyl adjacent to an activating group) is 1. The third-order valence-corrected chi connectivity index (χ3v) is 2.92. The molecule has 1 aromatic heterocycles. The molecule has 100 valence electrons. The number of H-pyrrole nitrogens is 1. The van der Waals surface area contributed by atoms with Crippen LogP contribution in [0.1, 0.15) is 17.4 Å². The zero-order valence-corrected chi connectivity index (χ0v) is 10.8. The molecule has 1 aromatic carbocycles. The first-order chi connectivity index (χ1) is 9.02. The minimum absolute atomic E-state index is 0.246. The summed E-state index contributed by atoms with van der Waals surface area (Å²) in [6.07, 6.45) is 0. The van der Waals surface area contributed by atoms with E-state index < -0.39 is 6.04 Å². The molecule has 1 atom stereocenters. The topological polar surface area (TPSA) is 100 Å². The number of fused-ring (bicyclic) bond motifs is 1. The van der Waals surface area contributed by atoms with Crippen LogP contribution in [-0.2, 0) is 4.79 Å². The maximum atomic E-state index is 12.0. The average molecular weight is 260 g/mol. The van der Waals surface area contributed by atoms with Crippen LogP contribution in [0.4, 0.5) is 5.69 Å². The van der Waals surface area contributed by atoms with Crippen molar-refractivity contribution in [3.8, 4) is 0 Å². The van der Waals surface area contributed by atoms with E-state index in [9.17, 15) is 9.59 Å². The molecule has 0 saturated carbocycles. The minimum atomic E-state index is -0.596. The van der Waals surface area contributed by atoms with Gasteiger partial charge < -0.3 is 21.4 Å². The van der Waals surface area contributed by atoms with Crippen LogP contribution in [0.25, 0.3) is 10.9 Å². The van der Waals surface area contributed by atoms with Crippen LogP contribution in [-0.4, -0.2) is 29.9 Å². The Morgan fingerprint density at radius 1 is 1.37 bits per heavy atom. The zero-order chi connectivity index (χ0) is 14.0. The number of nitrogens with two attached hydrogens (primary N) is 1. The normalized spacial score (nSPS) is 12.1. The molecule has 0 fully saturated rings. The van der Waals surface area contributed by atoms with Crippen LogP contribution in [0.3, 0.4) is 0 Å². The summed E-state index contributed by atoms with van der Waals surface area (Å²) in [5.41, 5.74) is 7.49. The number of amides is 2. The molecule has 2 rings (SSSR count). The van der Waals surface area contributed by atoms with Gasteiger partial charge in [0.25, 0.3) is 5.91 Å². The van der Waals surface area contributed by atoms with Gasteiger partial charge in [0.1, 0.15) is 11.7 Å². The van der Waals surface area contributed by atoms with Crippen LogP contribution in [0, 0.1) is 0 Å². The van der Waals surface area contributed by atoms with Gasteiger partial charge in [-0.25, -0.2) is 0 Å². The van der Waals surface area contributed by atoms with Gasteiger partial charge in [-0.15, -0.1) is 0 Å². The molecule has 0 bridgehead atoms. The van der Waals surface area contributed by atoms with Crippen molar-refractivity contribution in [2.45, 2.75) is 13.0 Å². The Morgan fingerprint density at radius 2 is 2.11 bits per heavy atom. The number of benzene rings is 1. The number of nitrogens with one attached hydrogen (secondary N) is 3. The molecule has 1 unspecified atom stereocenters. The molecule has 0 aliphatic heterocycles. The first kappa shape index (κ1) is 12.9. The fourth-order valence-electron chi connectivity index (χ4n) is 1.86. The summed E-state index contributed by atoms with van der Waals surface area (Å²) in [5.74, 6) is -0.587. The highest BCUT2D eigenvalue weighted by molar-refractivity contribution is 6.02. The fourth-order valence-corrected chi connectivity index (χ4v) is 1.86. The highest BCUT2D eigenvalue weighted by Crippen LogP contribution is 2.20. The smallest absolute Gasteiger partial charge is 0.268 e. The van der Waals surface area contributed by atoms with Crippen molar-refractivity contribution in [1.82, 2.24) is 15.6 Å². The van der Waals surface area contributed by atoms with Gasteiger partial charge in [0.15, 0.2) is 0 Å². The quantitative estimate of drug-likeness (QED) is 0.608. The number of carbonyl (C=O) groups is 2. The van der Waals surface area contributed by atoms with E-state index >= 15 is 0 Å². The van der Waals surface area contributed by atoms with E-state index in [2.05, 4.69) is 15.6 Å². The molecule has 5 N–H and O–H groups in total. The third-order valence-electron chi connectivity index (χ3n) is 2.92. The van der Waals surface area contributed by atoms with Crippen molar-refractivity contribution in [3.63, 3.8) is 0 Å². The second kappa shape index (κ2) is 5.01. The Morgan fingerprint density at radius 3 is 2.74 bits per heavy atom. The van der Waals surface area contributed by atoms with E-state index in [-0.39, 0.29) is 11.8 Å². The highest BCUT2D eigenvalue weighted by atomic mass is 16.2. The van der Waals surface area contributed by atoms with Crippen molar-refractivity contribution < 1.29 is 9.59 Å². The van der Waals surface area contributed by atoms with Crippen molar-refractivity contribution in [3.05, 3.63) is 30.0 Å². The van der Waals surface area contributed by atoms with Crippen molar-refractivity contribution >= 4 is 28.4 Å². The number of aromatic amines is 1. The fraction of sp³-hybridized carbons (Fsp3) is 0.231. The van der Waals surface area contributed by atoms with E-state index in [1.807, 2.05) is 12.1 Å². The van der Waals surface area contributed by atoms with Crippen LogP contribution < -0.4 is 16.4 Å². The molecule has 1 heterocycles. The van der Waals surface area contributed by atoms with Crippen molar-refractivity contribution in [2.75, 3.05) is 12.8 Å². The molecular weight excluding hydrogens is 244 g/mol. The monoisotopic (exact) mass is 260 g/mol. The zero-order valence-electron chi connectivity index (χ0n) is 10.8. The number of rotatable bonds is 3. The van der Waals surface area contributed by atoms with Crippen molar-refractivity contribution in [1.29, 1.82) is 0 Å². The lowest BCUT2D eigenvalue weighted by Gasteiger charge is -2.11.